The van der Waals surface area contributed by atoms with Gasteiger partial charge in [0.05, 0.1) is 0 Å². The molecule has 0 saturated carbocycles. The van der Waals surface area contributed by atoms with Crippen molar-refractivity contribution in [3.8, 4) is 5.69 Å². The van der Waals surface area contributed by atoms with E-state index in [9.17, 15) is 9.59 Å². The predicted molar refractivity (Wildman–Crippen MR) is 111 cm³/mol. The third-order valence-corrected chi connectivity index (χ3v) is 4.89. The van der Waals surface area contributed by atoms with Crippen molar-refractivity contribution < 1.29 is 9.59 Å². The van der Waals surface area contributed by atoms with Crippen molar-refractivity contribution >= 4 is 46.8 Å². The molecular formula is C20H18ClN3O2S. The minimum absolute atomic E-state index is 0.0387. The summed E-state index contributed by atoms with van der Waals surface area (Å²) in [5.74, 6) is -0.936. The van der Waals surface area contributed by atoms with Gasteiger partial charge in [-0.05, 0) is 62.0 Å². The quantitative estimate of drug-likeness (QED) is 0.370. The standard InChI is InChI=1S/C20H18ClN3O2S/c1-4-8-23-19(26)17(18(25)22-20(23)27)10-14-9-12(2)24(13(14)3)16-7-5-6-15(21)11-16/h4-7,9-11H,1,8H2,2-3H3,(H,22,25,27). The number of hydrogen-bond donors (Lipinski definition) is 1. The van der Waals surface area contributed by atoms with Gasteiger partial charge in [0, 0.05) is 28.6 Å². The summed E-state index contributed by atoms with van der Waals surface area (Å²) in [5, 5.41) is 3.28. The first-order valence-corrected chi connectivity index (χ1v) is 9.06. The van der Waals surface area contributed by atoms with Crippen molar-refractivity contribution in [2.45, 2.75) is 13.8 Å². The Morgan fingerprint density at radius 2 is 2.00 bits per heavy atom. The topological polar surface area (TPSA) is 54.3 Å². The molecule has 7 heteroatoms. The fourth-order valence-corrected chi connectivity index (χ4v) is 3.53. The van der Waals surface area contributed by atoms with Gasteiger partial charge in [-0.15, -0.1) is 6.58 Å². The number of aromatic nitrogens is 1. The van der Waals surface area contributed by atoms with Gasteiger partial charge >= 0.3 is 0 Å². The lowest BCUT2D eigenvalue weighted by Gasteiger charge is -2.27. The summed E-state index contributed by atoms with van der Waals surface area (Å²) in [6, 6.07) is 9.42. The molecule has 1 saturated heterocycles. The van der Waals surface area contributed by atoms with Gasteiger partial charge in [0.15, 0.2) is 5.11 Å². The third kappa shape index (κ3) is 3.59. The average molecular weight is 400 g/mol. The Bertz CT molecular complexity index is 1010. The highest BCUT2D eigenvalue weighted by molar-refractivity contribution is 7.80. The number of carbonyl (C=O) groups is 2. The Kier molecular flexibility index (Phi) is 5.30. The zero-order valence-electron chi connectivity index (χ0n) is 15.0. The highest BCUT2D eigenvalue weighted by Gasteiger charge is 2.32. The van der Waals surface area contributed by atoms with Crippen LogP contribution in [0.25, 0.3) is 11.8 Å². The van der Waals surface area contributed by atoms with E-state index in [2.05, 4.69) is 11.9 Å². The molecule has 2 heterocycles. The maximum absolute atomic E-state index is 12.7. The van der Waals surface area contributed by atoms with Crippen LogP contribution in [0.15, 0.2) is 48.6 Å². The largest absolute Gasteiger partial charge is 0.318 e. The van der Waals surface area contributed by atoms with Crippen LogP contribution in [0, 0.1) is 13.8 Å². The Morgan fingerprint density at radius 3 is 2.67 bits per heavy atom. The van der Waals surface area contributed by atoms with Crippen molar-refractivity contribution in [1.29, 1.82) is 0 Å². The molecule has 1 fully saturated rings. The number of amides is 2. The maximum atomic E-state index is 12.7. The SMILES string of the molecule is C=CCN1C(=O)C(=Cc2cc(C)n(-c3cccc(Cl)c3)c2C)C(=O)NC1=S. The third-order valence-electron chi connectivity index (χ3n) is 4.33. The van der Waals surface area contributed by atoms with Crippen LogP contribution in [0.1, 0.15) is 17.0 Å². The molecule has 0 unspecified atom stereocenters. The number of thiocarbonyl (C=S) groups is 1. The van der Waals surface area contributed by atoms with E-state index in [0.29, 0.717) is 5.02 Å². The normalized spacial score (nSPS) is 16.0. The van der Waals surface area contributed by atoms with Gasteiger partial charge in [-0.25, -0.2) is 0 Å². The van der Waals surface area contributed by atoms with Gasteiger partial charge in [0.1, 0.15) is 5.57 Å². The zero-order chi connectivity index (χ0) is 19.7. The first-order valence-electron chi connectivity index (χ1n) is 8.28. The molecule has 138 valence electrons. The van der Waals surface area contributed by atoms with E-state index < -0.39 is 11.8 Å². The Labute approximate surface area is 167 Å². The molecule has 27 heavy (non-hydrogen) atoms. The molecule has 1 aromatic carbocycles. The molecule has 1 aliphatic heterocycles. The molecule has 0 radical (unpaired) electrons. The van der Waals surface area contributed by atoms with Crippen LogP contribution in [-0.2, 0) is 9.59 Å². The van der Waals surface area contributed by atoms with Gasteiger partial charge in [-0.3, -0.25) is 19.8 Å². The fraction of sp³-hybridized carbons (Fsp3) is 0.150. The lowest BCUT2D eigenvalue weighted by Crippen LogP contribution is -2.53. The molecule has 3 rings (SSSR count). The van der Waals surface area contributed by atoms with E-state index in [0.717, 1.165) is 22.6 Å². The van der Waals surface area contributed by atoms with Crippen molar-refractivity contribution in [3.63, 3.8) is 0 Å². The minimum Gasteiger partial charge on any atom is -0.318 e. The van der Waals surface area contributed by atoms with E-state index >= 15 is 0 Å². The molecule has 1 aromatic heterocycles. The fourth-order valence-electron chi connectivity index (χ4n) is 3.09. The molecule has 0 spiro atoms. The van der Waals surface area contributed by atoms with E-state index in [1.54, 1.807) is 12.2 Å². The summed E-state index contributed by atoms with van der Waals surface area (Å²) >= 11 is 11.2. The molecule has 2 aromatic rings. The molecule has 0 bridgehead atoms. The Balaban J connectivity index is 2.06. The monoisotopic (exact) mass is 399 g/mol. The first kappa shape index (κ1) is 19.1. The van der Waals surface area contributed by atoms with Gasteiger partial charge in [0.2, 0.25) is 0 Å². The summed E-state index contributed by atoms with van der Waals surface area (Å²) in [7, 11) is 0. The molecule has 0 aliphatic carbocycles. The van der Waals surface area contributed by atoms with E-state index in [1.807, 2.05) is 48.7 Å². The van der Waals surface area contributed by atoms with Crippen LogP contribution in [0.2, 0.25) is 5.02 Å². The van der Waals surface area contributed by atoms with Crippen LogP contribution in [0.4, 0.5) is 0 Å². The van der Waals surface area contributed by atoms with Gasteiger partial charge in [0.25, 0.3) is 11.8 Å². The summed E-state index contributed by atoms with van der Waals surface area (Å²) < 4.78 is 2.02. The van der Waals surface area contributed by atoms with Crippen LogP contribution >= 0.6 is 23.8 Å². The Hall–Kier alpha value is -2.70. The molecule has 1 aliphatic rings. The van der Waals surface area contributed by atoms with E-state index in [4.69, 9.17) is 23.8 Å². The zero-order valence-corrected chi connectivity index (χ0v) is 16.5. The smallest absolute Gasteiger partial charge is 0.265 e. The molecule has 1 N–H and O–H groups in total. The second-order valence-electron chi connectivity index (χ2n) is 6.16. The second-order valence-corrected chi connectivity index (χ2v) is 6.99. The number of rotatable bonds is 4. The van der Waals surface area contributed by atoms with Gasteiger partial charge < -0.3 is 4.57 Å². The van der Waals surface area contributed by atoms with Crippen LogP contribution in [-0.4, -0.2) is 32.9 Å². The minimum atomic E-state index is -0.502. The van der Waals surface area contributed by atoms with Crippen LogP contribution < -0.4 is 5.32 Å². The maximum Gasteiger partial charge on any atom is 0.265 e. The molecule has 2 amide bonds. The lowest BCUT2D eigenvalue weighted by atomic mass is 10.1. The summed E-state index contributed by atoms with van der Waals surface area (Å²) in [6.45, 7) is 7.74. The predicted octanol–water partition coefficient (Wildman–Crippen LogP) is 3.56. The number of benzene rings is 1. The van der Waals surface area contributed by atoms with E-state index in [1.165, 1.54) is 4.90 Å². The molecule has 0 atom stereocenters. The number of nitrogens with zero attached hydrogens (tertiary/aromatic N) is 2. The van der Waals surface area contributed by atoms with Gasteiger partial charge in [-0.1, -0.05) is 23.7 Å². The van der Waals surface area contributed by atoms with Crippen LogP contribution in [0.5, 0.6) is 0 Å². The first-order chi connectivity index (χ1) is 12.8. The number of aryl methyl sites for hydroxylation is 1. The Morgan fingerprint density at radius 1 is 1.26 bits per heavy atom. The van der Waals surface area contributed by atoms with Gasteiger partial charge in [-0.2, -0.15) is 0 Å². The average Bonchev–Trinajstić information content (AvgIpc) is 2.89. The summed E-state index contributed by atoms with van der Waals surface area (Å²) in [6.07, 6.45) is 3.16. The second kappa shape index (κ2) is 7.50. The number of hydrogen-bond acceptors (Lipinski definition) is 3. The number of nitrogens with one attached hydrogen (secondary N) is 1. The lowest BCUT2D eigenvalue weighted by molar-refractivity contribution is -0.128. The van der Waals surface area contributed by atoms with Crippen LogP contribution in [0.3, 0.4) is 0 Å². The van der Waals surface area contributed by atoms with Crippen molar-refractivity contribution in [1.82, 2.24) is 14.8 Å². The van der Waals surface area contributed by atoms with E-state index in [-0.39, 0.29) is 17.2 Å². The highest BCUT2D eigenvalue weighted by Crippen LogP contribution is 2.25. The highest BCUT2D eigenvalue weighted by atomic mass is 35.5. The van der Waals surface area contributed by atoms with Crippen molar-refractivity contribution in [2.75, 3.05) is 6.54 Å². The molecule has 5 nitrogen and oxygen atoms in total. The summed E-state index contributed by atoms with van der Waals surface area (Å²) in [5.41, 5.74) is 3.58. The number of carbonyl (C=O) groups excluding carboxylic acids is 2. The molecular weight excluding hydrogens is 382 g/mol. The summed E-state index contributed by atoms with van der Waals surface area (Å²) in [4.78, 5) is 26.3. The van der Waals surface area contributed by atoms with Crippen molar-refractivity contribution in [3.05, 3.63) is 70.5 Å². The van der Waals surface area contributed by atoms with Crippen molar-refractivity contribution in [2.24, 2.45) is 0 Å². The number of halogens is 1.